The van der Waals surface area contributed by atoms with Gasteiger partial charge in [0.2, 0.25) is 0 Å². The highest BCUT2D eigenvalue weighted by atomic mass is 32.2. The highest BCUT2D eigenvalue weighted by molar-refractivity contribution is 7.99. The van der Waals surface area contributed by atoms with Gasteiger partial charge in [-0.1, -0.05) is 91.1 Å². The Hall–Kier alpha value is -3.89. The number of alkyl carbamates (subject to hydrolysis) is 1. The number of rotatable bonds is 11. The first-order chi connectivity index (χ1) is 20.5. The van der Waals surface area contributed by atoms with Gasteiger partial charge in [0.25, 0.3) is 0 Å². The van der Waals surface area contributed by atoms with Gasteiger partial charge in [-0.3, -0.25) is 0 Å². The number of nitrogens with zero attached hydrogens (tertiary/aromatic N) is 2. The molecule has 8 nitrogen and oxygen atoms in total. The molecule has 42 heavy (non-hydrogen) atoms. The van der Waals surface area contributed by atoms with Crippen molar-refractivity contribution >= 4 is 17.9 Å². The summed E-state index contributed by atoms with van der Waals surface area (Å²) < 4.78 is 20.0. The van der Waals surface area contributed by atoms with Crippen LogP contribution in [0.15, 0.2) is 103 Å². The van der Waals surface area contributed by atoms with E-state index in [0.29, 0.717) is 13.0 Å². The summed E-state index contributed by atoms with van der Waals surface area (Å²) in [5.41, 5.74) is 5.91. The Balaban J connectivity index is 1.29. The minimum atomic E-state index is -0.528. The van der Waals surface area contributed by atoms with E-state index in [1.807, 2.05) is 78.5 Å². The third-order valence-electron chi connectivity index (χ3n) is 7.00. The number of aromatic nitrogens is 2. The van der Waals surface area contributed by atoms with Gasteiger partial charge in [-0.15, -0.1) is 0 Å². The number of aliphatic hydroxyl groups excluding tert-OH is 1. The first-order valence-electron chi connectivity index (χ1n) is 13.8. The highest BCUT2D eigenvalue weighted by Gasteiger charge is 2.32. The maximum atomic E-state index is 11.8. The maximum absolute atomic E-state index is 11.8. The summed E-state index contributed by atoms with van der Waals surface area (Å²) in [5.74, 6) is 0.746. The molecule has 1 aliphatic rings. The Morgan fingerprint density at radius 3 is 2.60 bits per heavy atom. The largest absolute Gasteiger partial charge is 0.445 e. The van der Waals surface area contributed by atoms with Crippen LogP contribution in [0.5, 0.6) is 0 Å². The van der Waals surface area contributed by atoms with Crippen LogP contribution in [0.1, 0.15) is 41.1 Å². The van der Waals surface area contributed by atoms with Gasteiger partial charge in [0.05, 0.1) is 18.8 Å². The van der Waals surface area contributed by atoms with Crippen molar-refractivity contribution in [3.63, 3.8) is 0 Å². The molecule has 2 N–H and O–H groups in total. The summed E-state index contributed by atoms with van der Waals surface area (Å²) in [4.78, 5) is 16.2. The number of hydrogen-bond acceptors (Lipinski definition) is 7. The zero-order chi connectivity index (χ0) is 29.3. The molecule has 218 valence electrons. The molecule has 0 saturated carbocycles. The normalized spacial score (nSPS) is 18.4. The molecule has 9 heteroatoms. The molecule has 0 bridgehead atoms. The topological polar surface area (TPSA) is 94.8 Å². The zero-order valence-corrected chi connectivity index (χ0v) is 24.3. The van der Waals surface area contributed by atoms with Gasteiger partial charge in [-0.05, 0) is 33.9 Å². The van der Waals surface area contributed by atoms with Gasteiger partial charge in [0.15, 0.2) is 11.4 Å². The van der Waals surface area contributed by atoms with E-state index in [2.05, 4.69) is 29.0 Å². The number of imidazole rings is 1. The summed E-state index contributed by atoms with van der Waals surface area (Å²) in [6.07, 6.45) is 4.79. The number of aliphatic hydroxyl groups is 1. The maximum Gasteiger partial charge on any atom is 0.407 e. The predicted molar refractivity (Wildman–Crippen MR) is 163 cm³/mol. The Morgan fingerprint density at radius 1 is 1.10 bits per heavy atom. The van der Waals surface area contributed by atoms with Crippen molar-refractivity contribution in [3.05, 3.63) is 120 Å². The molecule has 0 aliphatic carbocycles. The molecular weight excluding hydrogens is 550 g/mol. The van der Waals surface area contributed by atoms with E-state index < -0.39 is 12.4 Å². The van der Waals surface area contributed by atoms with Crippen LogP contribution in [0, 0.1) is 0 Å². The molecule has 5 rings (SSSR count). The highest BCUT2D eigenvalue weighted by Crippen LogP contribution is 2.39. The average molecular weight is 586 g/mol. The van der Waals surface area contributed by atoms with Crippen LogP contribution in [-0.4, -0.2) is 39.2 Å². The minimum Gasteiger partial charge on any atom is -0.445 e. The number of carbonyl (C=O) groups excluding carboxylic acids is 1. The molecule has 0 unspecified atom stereocenters. The van der Waals surface area contributed by atoms with Crippen molar-refractivity contribution in [2.45, 2.75) is 43.2 Å². The van der Waals surface area contributed by atoms with Crippen molar-refractivity contribution in [3.8, 4) is 11.1 Å². The SMILES string of the molecule is C=CCOC(=O)NCc1cccc(-c2ccc([C@@H]3O[C@H](CSc4nccn4C)C[C@H](c4ccc(CO)cc4)O3)cc2)c1. The van der Waals surface area contributed by atoms with E-state index in [9.17, 15) is 9.90 Å². The van der Waals surface area contributed by atoms with E-state index in [-0.39, 0.29) is 25.4 Å². The number of thioether (sulfide) groups is 1. The van der Waals surface area contributed by atoms with E-state index >= 15 is 0 Å². The fraction of sp³-hybridized carbons (Fsp3) is 0.273. The summed E-state index contributed by atoms with van der Waals surface area (Å²) >= 11 is 1.67. The number of aryl methyl sites for hydroxylation is 1. The van der Waals surface area contributed by atoms with Crippen LogP contribution in [0.4, 0.5) is 4.79 Å². The third kappa shape index (κ3) is 7.68. The van der Waals surface area contributed by atoms with E-state index in [0.717, 1.165) is 44.3 Å². The standard InChI is InChI=1S/C33H35N3O5S/c1-3-17-39-33(38)35-20-24-5-4-6-28(18-24)25-11-13-27(14-12-25)31-40-29(22-42-32-34-15-16-36(32)2)19-30(41-31)26-9-7-23(21-37)8-10-26/h3-16,18,29-31,37H,1,17,19-22H2,2H3,(H,35,38)/t29-,30+,31+/m0/s1. The Morgan fingerprint density at radius 2 is 1.88 bits per heavy atom. The fourth-order valence-electron chi connectivity index (χ4n) is 4.73. The predicted octanol–water partition coefficient (Wildman–Crippen LogP) is 6.33. The molecule has 1 aliphatic heterocycles. The Kier molecular flexibility index (Phi) is 10.1. The van der Waals surface area contributed by atoms with Gasteiger partial charge in [0.1, 0.15) is 6.61 Å². The lowest BCUT2D eigenvalue weighted by Gasteiger charge is -2.36. The number of ether oxygens (including phenoxy) is 3. The molecule has 2 heterocycles. The van der Waals surface area contributed by atoms with Gasteiger partial charge in [0, 0.05) is 43.7 Å². The van der Waals surface area contributed by atoms with Crippen LogP contribution in [-0.2, 0) is 34.4 Å². The first kappa shape index (κ1) is 29.6. The van der Waals surface area contributed by atoms with Crippen molar-refractivity contribution in [2.24, 2.45) is 7.05 Å². The lowest BCUT2D eigenvalue weighted by molar-refractivity contribution is -0.245. The second-order valence-corrected chi connectivity index (χ2v) is 11.0. The Labute approximate surface area is 250 Å². The Bertz CT molecular complexity index is 1470. The second kappa shape index (κ2) is 14.3. The fourth-order valence-corrected chi connectivity index (χ4v) is 5.68. The van der Waals surface area contributed by atoms with E-state index in [4.69, 9.17) is 14.2 Å². The monoisotopic (exact) mass is 585 g/mol. The van der Waals surface area contributed by atoms with Gasteiger partial charge in [-0.25, -0.2) is 9.78 Å². The molecule has 0 radical (unpaired) electrons. The molecule has 1 amide bonds. The summed E-state index contributed by atoms with van der Waals surface area (Å²) in [6.45, 7) is 4.09. The third-order valence-corrected chi connectivity index (χ3v) is 8.19. The average Bonchev–Trinajstić information content (AvgIpc) is 3.46. The molecule has 4 aromatic rings. The van der Waals surface area contributed by atoms with Crippen LogP contribution in [0.3, 0.4) is 0 Å². The lowest BCUT2D eigenvalue weighted by atomic mass is 9.99. The second-order valence-electron chi connectivity index (χ2n) is 10.0. The molecular formula is C33H35N3O5S. The quantitative estimate of drug-likeness (QED) is 0.157. The molecule has 1 aromatic heterocycles. The van der Waals surface area contributed by atoms with E-state index in [1.165, 1.54) is 6.08 Å². The molecule has 3 atom stereocenters. The summed E-state index contributed by atoms with van der Waals surface area (Å²) in [5, 5.41) is 13.2. The van der Waals surface area contributed by atoms with E-state index in [1.54, 1.807) is 18.0 Å². The van der Waals surface area contributed by atoms with Crippen molar-refractivity contribution in [1.82, 2.24) is 14.9 Å². The smallest absolute Gasteiger partial charge is 0.407 e. The van der Waals surface area contributed by atoms with Crippen LogP contribution in [0.2, 0.25) is 0 Å². The minimum absolute atomic E-state index is 0.00844. The number of nitrogens with one attached hydrogen (secondary N) is 1. The molecule has 1 saturated heterocycles. The lowest BCUT2D eigenvalue weighted by Crippen LogP contribution is -2.31. The van der Waals surface area contributed by atoms with Gasteiger partial charge < -0.3 is 29.2 Å². The van der Waals surface area contributed by atoms with Gasteiger partial charge >= 0.3 is 6.09 Å². The number of benzene rings is 3. The number of amides is 1. The first-order valence-corrected chi connectivity index (χ1v) is 14.8. The number of carbonyl (C=O) groups is 1. The summed E-state index contributed by atoms with van der Waals surface area (Å²) in [6, 6.07) is 24.1. The van der Waals surface area contributed by atoms with Crippen LogP contribution >= 0.6 is 11.8 Å². The van der Waals surface area contributed by atoms with Crippen molar-refractivity contribution in [1.29, 1.82) is 0 Å². The van der Waals surface area contributed by atoms with Crippen LogP contribution in [0.25, 0.3) is 11.1 Å². The van der Waals surface area contributed by atoms with Crippen LogP contribution < -0.4 is 5.32 Å². The van der Waals surface area contributed by atoms with Gasteiger partial charge in [-0.2, -0.15) is 0 Å². The molecule has 0 spiro atoms. The molecule has 3 aromatic carbocycles. The number of hydrogen-bond donors (Lipinski definition) is 2. The molecule has 1 fully saturated rings. The zero-order valence-electron chi connectivity index (χ0n) is 23.5. The van der Waals surface area contributed by atoms with Crippen molar-refractivity contribution in [2.75, 3.05) is 12.4 Å². The summed E-state index contributed by atoms with van der Waals surface area (Å²) in [7, 11) is 1.99. The van der Waals surface area contributed by atoms with Crippen molar-refractivity contribution < 1.29 is 24.1 Å².